The second-order valence-electron chi connectivity index (χ2n) is 20.2. The van der Waals surface area contributed by atoms with E-state index in [0.29, 0.717) is 69.8 Å². The molecule has 4 aromatic heterocycles. The van der Waals surface area contributed by atoms with E-state index >= 15 is 0 Å². The molecule has 1 unspecified atom stereocenters. The first-order chi connectivity index (χ1) is 40.5. The maximum atomic E-state index is 14.8. The van der Waals surface area contributed by atoms with Crippen molar-refractivity contribution in [2.24, 2.45) is 0 Å². The number of likely N-dealkylation sites (tertiary alicyclic amines) is 1. The lowest BCUT2D eigenvalue weighted by molar-refractivity contribution is -0.146. The Morgan fingerprint density at radius 3 is 1.68 bits per heavy atom. The standard InChI is InChI=1S/C35H37FN4O5.C29H25F2N3O5.CH4/c1-23-6-11-30(36)25(17-23)19-27(41)18-24-7-9-28(10-8-24)45-29-12-14-37-32(21-29)31-20-26(22-39-31)34(42)38-13-4-16-40-15-3-5-33(40)35(43)44-2;1-17-2-5-24(30)19(10-17)12-21(35)11-18-3-4-22(14-25(18)31)39-23-6-8-32-27(15-23)26-13-20(16-34-26)29(38)33-9-7-28(36)37;/h6-12,14,17,20-22,33,39H,3-5,13,15-16,18-19H2,1-2H3,(H,38,42);2-6,8,10,13-16,34H,7,9,11-12H2,1H3,(H,33,38)(H,36,37);1H4. The maximum Gasteiger partial charge on any atom is 0.323 e. The van der Waals surface area contributed by atoms with E-state index in [4.69, 9.17) is 19.3 Å². The number of aliphatic carboxylic acids is 1. The zero-order valence-electron chi connectivity index (χ0n) is 46.4. The molecular weight excluding hydrogens is 1100 g/mol. The Labute approximate surface area is 490 Å². The average Bonchev–Trinajstić information content (AvgIpc) is 4.48. The molecule has 1 aliphatic rings. The highest BCUT2D eigenvalue weighted by Crippen LogP contribution is 2.29. The predicted molar refractivity (Wildman–Crippen MR) is 313 cm³/mol. The number of aromatic amines is 2. The normalized spacial score (nSPS) is 12.7. The molecule has 0 saturated carbocycles. The Morgan fingerprint density at radius 2 is 1.13 bits per heavy atom. The lowest BCUT2D eigenvalue weighted by Crippen LogP contribution is -2.38. The number of carbonyl (C=O) groups is 6. The van der Waals surface area contributed by atoms with E-state index in [1.807, 2.05) is 19.1 Å². The van der Waals surface area contributed by atoms with Gasteiger partial charge in [-0.3, -0.25) is 43.6 Å². The van der Waals surface area contributed by atoms with Crippen molar-refractivity contribution in [2.75, 3.05) is 33.3 Å². The van der Waals surface area contributed by atoms with Gasteiger partial charge in [0, 0.05) is 88.3 Å². The van der Waals surface area contributed by atoms with Gasteiger partial charge in [-0.15, -0.1) is 0 Å². The smallest absolute Gasteiger partial charge is 0.323 e. The van der Waals surface area contributed by atoms with Gasteiger partial charge in [-0.05, 0) is 117 Å². The Kier molecular flexibility index (Phi) is 22.2. The Balaban J connectivity index is 0.000000243. The van der Waals surface area contributed by atoms with Gasteiger partial charge in [0.15, 0.2) is 0 Å². The van der Waals surface area contributed by atoms with Crippen molar-refractivity contribution in [3.05, 3.63) is 202 Å². The first-order valence-corrected chi connectivity index (χ1v) is 27.1. The fraction of sp³-hybridized carbons (Fsp3) is 0.262. The van der Waals surface area contributed by atoms with Gasteiger partial charge in [0.2, 0.25) is 0 Å². The number of rotatable bonds is 24. The van der Waals surface area contributed by atoms with Crippen molar-refractivity contribution in [1.29, 1.82) is 0 Å². The van der Waals surface area contributed by atoms with Crippen LogP contribution >= 0.6 is 0 Å². The van der Waals surface area contributed by atoms with E-state index in [9.17, 15) is 41.9 Å². The van der Waals surface area contributed by atoms with E-state index in [1.165, 1.54) is 49.8 Å². The van der Waals surface area contributed by atoms with Crippen LogP contribution in [0.3, 0.4) is 0 Å². The van der Waals surface area contributed by atoms with Gasteiger partial charge in [0.25, 0.3) is 11.8 Å². The first kappa shape index (κ1) is 62.9. The van der Waals surface area contributed by atoms with Crippen molar-refractivity contribution in [3.8, 4) is 45.8 Å². The Bertz CT molecular complexity index is 3660. The maximum absolute atomic E-state index is 14.8. The highest BCUT2D eigenvalue weighted by molar-refractivity contribution is 5.96. The van der Waals surface area contributed by atoms with Gasteiger partial charge < -0.3 is 39.9 Å². The molecule has 4 aromatic carbocycles. The summed E-state index contributed by atoms with van der Waals surface area (Å²) in [6, 6.07) is 30.5. The van der Waals surface area contributed by atoms with Crippen LogP contribution in [-0.2, 0) is 49.6 Å². The van der Waals surface area contributed by atoms with E-state index in [1.54, 1.807) is 92.1 Å². The number of halogens is 3. The number of carboxylic acids is 1. The van der Waals surface area contributed by atoms with Crippen molar-refractivity contribution in [1.82, 2.24) is 35.5 Å². The summed E-state index contributed by atoms with van der Waals surface area (Å²) in [6.45, 7) is 5.74. The number of pyridine rings is 2. The van der Waals surface area contributed by atoms with Crippen LogP contribution in [0.2, 0.25) is 0 Å². The van der Waals surface area contributed by atoms with Gasteiger partial charge in [-0.2, -0.15) is 0 Å². The summed E-state index contributed by atoms with van der Waals surface area (Å²) in [5, 5.41) is 14.1. The lowest BCUT2D eigenvalue weighted by atomic mass is 10.0. The molecule has 1 atom stereocenters. The number of methoxy groups -OCH3 is 1. The molecule has 85 heavy (non-hydrogen) atoms. The fourth-order valence-electron chi connectivity index (χ4n) is 9.41. The minimum atomic E-state index is -1.01. The number of hydrogen-bond donors (Lipinski definition) is 5. The molecule has 1 fully saturated rings. The molecule has 442 valence electrons. The molecule has 1 saturated heterocycles. The number of aromatic nitrogens is 4. The van der Waals surface area contributed by atoms with Crippen LogP contribution < -0.4 is 20.1 Å². The highest BCUT2D eigenvalue weighted by atomic mass is 19.1. The number of carbonyl (C=O) groups excluding carboxylic acids is 5. The molecular formula is C65H66F3N7O10. The van der Waals surface area contributed by atoms with Crippen molar-refractivity contribution < 1.29 is 61.3 Å². The van der Waals surface area contributed by atoms with Crippen molar-refractivity contribution in [2.45, 2.75) is 78.7 Å². The summed E-state index contributed by atoms with van der Waals surface area (Å²) >= 11 is 0. The topological polar surface area (TPSA) is 235 Å². The molecule has 0 aliphatic carbocycles. The molecule has 0 radical (unpaired) electrons. The molecule has 8 aromatic rings. The van der Waals surface area contributed by atoms with Gasteiger partial charge in [-0.1, -0.05) is 61.0 Å². The summed E-state index contributed by atoms with van der Waals surface area (Å²) in [7, 11) is 1.41. The number of hydrogen-bond acceptors (Lipinski definition) is 12. The summed E-state index contributed by atoms with van der Waals surface area (Å²) in [5.41, 5.74) is 6.49. The van der Waals surface area contributed by atoms with Gasteiger partial charge >= 0.3 is 11.9 Å². The van der Waals surface area contributed by atoms with E-state index in [0.717, 1.165) is 42.5 Å². The van der Waals surface area contributed by atoms with Crippen LogP contribution in [-0.4, -0.2) is 105 Å². The third kappa shape index (κ3) is 18.2. The largest absolute Gasteiger partial charge is 0.481 e. The van der Waals surface area contributed by atoms with Crippen LogP contribution in [0.25, 0.3) is 22.8 Å². The number of ether oxygens (including phenoxy) is 3. The highest BCUT2D eigenvalue weighted by Gasteiger charge is 2.31. The van der Waals surface area contributed by atoms with Crippen LogP contribution in [0.15, 0.2) is 140 Å². The van der Waals surface area contributed by atoms with Crippen molar-refractivity contribution >= 4 is 35.3 Å². The zero-order chi connectivity index (χ0) is 59.7. The number of Topliss-reactive ketones (excluding diaryl/α,β-unsaturated/α-hetero) is 2. The van der Waals surface area contributed by atoms with Crippen LogP contribution in [0.4, 0.5) is 13.2 Å². The van der Waals surface area contributed by atoms with E-state index in [2.05, 4.69) is 35.5 Å². The number of H-pyrrole nitrogens is 2. The number of nitrogens with zero attached hydrogens (tertiary/aromatic N) is 3. The molecule has 17 nitrogen and oxygen atoms in total. The van der Waals surface area contributed by atoms with Gasteiger partial charge in [-0.25, -0.2) is 13.2 Å². The quantitative estimate of drug-likeness (QED) is 0.0280. The number of ketones is 2. The predicted octanol–water partition coefficient (Wildman–Crippen LogP) is 11.1. The van der Waals surface area contributed by atoms with Crippen LogP contribution in [0.1, 0.15) is 87.2 Å². The summed E-state index contributed by atoms with van der Waals surface area (Å²) < 4.78 is 59.4. The second kappa shape index (κ2) is 30.0. The van der Waals surface area contributed by atoms with E-state index < -0.39 is 23.5 Å². The minimum Gasteiger partial charge on any atom is -0.481 e. The molecule has 5 N–H and O–H groups in total. The molecule has 2 amide bonds. The Morgan fingerprint density at radius 1 is 0.612 bits per heavy atom. The van der Waals surface area contributed by atoms with Crippen LogP contribution in [0.5, 0.6) is 23.0 Å². The molecule has 9 rings (SSSR count). The average molecular weight is 1160 g/mol. The molecule has 0 spiro atoms. The molecule has 1 aliphatic heterocycles. The zero-order valence-corrected chi connectivity index (χ0v) is 46.4. The summed E-state index contributed by atoms with van der Waals surface area (Å²) in [5.74, 6) is -1.95. The number of esters is 1. The summed E-state index contributed by atoms with van der Waals surface area (Å²) in [6.07, 6.45) is 8.48. The summed E-state index contributed by atoms with van der Waals surface area (Å²) in [4.78, 5) is 89.3. The van der Waals surface area contributed by atoms with E-state index in [-0.39, 0.29) is 98.3 Å². The van der Waals surface area contributed by atoms with Crippen molar-refractivity contribution in [3.63, 3.8) is 0 Å². The molecule has 5 heterocycles. The minimum absolute atomic E-state index is 0. The molecule has 20 heteroatoms. The number of amides is 2. The number of benzene rings is 4. The number of nitrogens with one attached hydrogen (secondary N) is 4. The first-order valence-electron chi connectivity index (χ1n) is 27.1. The van der Waals surface area contributed by atoms with Crippen LogP contribution in [0, 0.1) is 31.3 Å². The van der Waals surface area contributed by atoms with Gasteiger partial charge in [0.1, 0.15) is 58.1 Å². The second-order valence-corrected chi connectivity index (χ2v) is 20.2. The molecule has 0 bridgehead atoms. The third-order valence-corrected chi connectivity index (χ3v) is 13.7. The SMILES string of the molecule is C.COC(=O)C1CCCN1CCCNC(=O)c1c[nH]c(-c2cc(Oc3ccc(CC(=O)Cc4cc(C)ccc4F)cc3)ccn2)c1.Cc1ccc(F)c(CC(=O)Cc2ccc(Oc3ccnc(-c4cc(C(=O)NCCC(=O)O)c[nH]4)c3)cc2F)c1. The van der Waals surface area contributed by atoms with Gasteiger partial charge in [0.05, 0.1) is 47.4 Å². The number of carboxylic acid groups (broad SMARTS) is 1. The monoisotopic (exact) mass is 1160 g/mol. The third-order valence-electron chi connectivity index (χ3n) is 13.7. The fourth-order valence-corrected chi connectivity index (χ4v) is 9.41. The number of aryl methyl sites for hydroxylation is 2. The lowest BCUT2D eigenvalue weighted by Gasteiger charge is -2.22. The Hall–Kier alpha value is -9.69.